The molecule has 1 fully saturated rings. The van der Waals surface area contributed by atoms with Crippen LogP contribution in [-0.4, -0.2) is 24.0 Å². The van der Waals surface area contributed by atoms with Crippen LogP contribution in [-0.2, 0) is 6.42 Å². The summed E-state index contributed by atoms with van der Waals surface area (Å²) < 4.78 is 12.9. The topological polar surface area (TPSA) is 3.24 Å². The van der Waals surface area contributed by atoms with Crippen molar-refractivity contribution < 1.29 is 4.39 Å². The van der Waals surface area contributed by atoms with Crippen molar-refractivity contribution in [3.05, 3.63) is 35.6 Å². The molecule has 1 aliphatic heterocycles. The number of piperidine rings is 1. The van der Waals surface area contributed by atoms with E-state index >= 15 is 0 Å². The zero-order valence-corrected chi connectivity index (χ0v) is 10.7. The Morgan fingerprint density at radius 2 is 1.76 bits per heavy atom. The number of rotatable bonds is 4. The van der Waals surface area contributed by atoms with Gasteiger partial charge in [-0.2, -0.15) is 0 Å². The van der Waals surface area contributed by atoms with E-state index in [1.165, 1.54) is 44.3 Å². The quantitative estimate of drug-likeness (QED) is 0.770. The van der Waals surface area contributed by atoms with Crippen molar-refractivity contribution >= 4 is 0 Å². The zero-order valence-electron chi connectivity index (χ0n) is 10.7. The number of hydrogen-bond donors (Lipinski definition) is 0. The van der Waals surface area contributed by atoms with Crippen LogP contribution in [0.25, 0.3) is 0 Å². The van der Waals surface area contributed by atoms with Crippen LogP contribution >= 0.6 is 0 Å². The van der Waals surface area contributed by atoms with Crippen LogP contribution in [0, 0.1) is 5.82 Å². The number of halogens is 1. The molecule has 0 radical (unpaired) electrons. The second-order valence-electron chi connectivity index (χ2n) is 4.99. The van der Waals surface area contributed by atoms with Crippen LogP contribution in [0.4, 0.5) is 4.39 Å². The minimum Gasteiger partial charge on any atom is -0.300 e. The van der Waals surface area contributed by atoms with Gasteiger partial charge in [0, 0.05) is 6.04 Å². The van der Waals surface area contributed by atoms with Gasteiger partial charge in [0.1, 0.15) is 5.82 Å². The van der Waals surface area contributed by atoms with Crippen LogP contribution in [0.15, 0.2) is 24.3 Å². The SMILES string of the molecule is CCC(Cc1ccc(F)cc1)N1CCCCC1. The van der Waals surface area contributed by atoms with E-state index in [4.69, 9.17) is 0 Å². The Bertz CT molecular complexity index is 327. The number of hydrogen-bond acceptors (Lipinski definition) is 1. The van der Waals surface area contributed by atoms with Crippen LogP contribution in [0.1, 0.15) is 38.2 Å². The smallest absolute Gasteiger partial charge is 0.123 e. The Morgan fingerprint density at radius 1 is 1.12 bits per heavy atom. The van der Waals surface area contributed by atoms with Gasteiger partial charge in [0.2, 0.25) is 0 Å². The molecule has 0 spiro atoms. The maximum Gasteiger partial charge on any atom is 0.123 e. The summed E-state index contributed by atoms with van der Waals surface area (Å²) in [5, 5.41) is 0. The first kappa shape index (κ1) is 12.6. The predicted octanol–water partition coefficient (Wildman–Crippen LogP) is 3.63. The second kappa shape index (κ2) is 6.15. The average molecular weight is 235 g/mol. The third kappa shape index (κ3) is 3.53. The Labute approximate surface area is 104 Å². The molecule has 1 aliphatic rings. The molecule has 1 atom stereocenters. The van der Waals surface area contributed by atoms with Gasteiger partial charge < -0.3 is 4.90 Å². The van der Waals surface area contributed by atoms with E-state index in [2.05, 4.69) is 11.8 Å². The number of benzene rings is 1. The molecule has 94 valence electrons. The van der Waals surface area contributed by atoms with E-state index in [1.54, 1.807) is 12.1 Å². The predicted molar refractivity (Wildman–Crippen MR) is 69.6 cm³/mol. The highest BCUT2D eigenvalue weighted by atomic mass is 19.1. The van der Waals surface area contributed by atoms with E-state index in [1.807, 2.05) is 12.1 Å². The van der Waals surface area contributed by atoms with E-state index in [-0.39, 0.29) is 5.82 Å². The van der Waals surface area contributed by atoms with Gasteiger partial charge in [0.25, 0.3) is 0 Å². The van der Waals surface area contributed by atoms with Gasteiger partial charge in [0.05, 0.1) is 0 Å². The van der Waals surface area contributed by atoms with Crippen LogP contribution in [0.3, 0.4) is 0 Å². The lowest BCUT2D eigenvalue weighted by Gasteiger charge is -2.34. The van der Waals surface area contributed by atoms with Gasteiger partial charge in [0.15, 0.2) is 0 Å². The summed E-state index contributed by atoms with van der Waals surface area (Å²) in [5.41, 5.74) is 1.25. The van der Waals surface area contributed by atoms with Gasteiger partial charge in [-0.3, -0.25) is 0 Å². The van der Waals surface area contributed by atoms with Gasteiger partial charge in [-0.25, -0.2) is 4.39 Å². The molecule has 0 bridgehead atoms. The number of nitrogens with zero attached hydrogens (tertiary/aromatic N) is 1. The maximum atomic E-state index is 12.9. The van der Waals surface area contributed by atoms with E-state index in [9.17, 15) is 4.39 Å². The molecule has 1 saturated heterocycles. The molecule has 0 N–H and O–H groups in total. The molecule has 1 nitrogen and oxygen atoms in total. The third-order valence-electron chi connectivity index (χ3n) is 3.76. The molecule has 0 aromatic heterocycles. The molecule has 17 heavy (non-hydrogen) atoms. The molecule has 0 saturated carbocycles. The van der Waals surface area contributed by atoms with Gasteiger partial charge in [-0.1, -0.05) is 25.5 Å². The van der Waals surface area contributed by atoms with Gasteiger partial charge in [-0.05, 0) is 56.5 Å². The first-order valence-electron chi connectivity index (χ1n) is 6.78. The Kier molecular flexibility index (Phi) is 4.55. The van der Waals surface area contributed by atoms with Crippen molar-refractivity contribution in [3.8, 4) is 0 Å². The van der Waals surface area contributed by atoms with Crippen molar-refractivity contribution in [1.29, 1.82) is 0 Å². The molecular formula is C15H22FN. The molecule has 2 heteroatoms. The van der Waals surface area contributed by atoms with E-state index < -0.39 is 0 Å². The maximum absolute atomic E-state index is 12.9. The molecule has 0 amide bonds. The lowest BCUT2D eigenvalue weighted by atomic mass is 10.00. The highest BCUT2D eigenvalue weighted by Gasteiger charge is 2.19. The fourth-order valence-corrected chi connectivity index (χ4v) is 2.71. The fraction of sp³-hybridized carbons (Fsp3) is 0.600. The van der Waals surface area contributed by atoms with E-state index in [0.29, 0.717) is 6.04 Å². The van der Waals surface area contributed by atoms with Crippen molar-refractivity contribution in [2.45, 2.75) is 45.1 Å². The standard InChI is InChI=1S/C15H22FN/c1-2-15(17-10-4-3-5-11-17)12-13-6-8-14(16)9-7-13/h6-9,15H,2-5,10-12H2,1H3. The van der Waals surface area contributed by atoms with E-state index in [0.717, 1.165) is 6.42 Å². The lowest BCUT2D eigenvalue weighted by molar-refractivity contribution is 0.158. The van der Waals surface area contributed by atoms with Gasteiger partial charge in [-0.15, -0.1) is 0 Å². The first-order chi connectivity index (χ1) is 8.29. The van der Waals surface area contributed by atoms with Crippen LogP contribution < -0.4 is 0 Å². The summed E-state index contributed by atoms with van der Waals surface area (Å²) in [5.74, 6) is -0.139. The highest BCUT2D eigenvalue weighted by Crippen LogP contribution is 2.18. The van der Waals surface area contributed by atoms with Gasteiger partial charge >= 0.3 is 0 Å². The second-order valence-corrected chi connectivity index (χ2v) is 4.99. The molecular weight excluding hydrogens is 213 g/mol. The normalized spacial score (nSPS) is 19.2. The Morgan fingerprint density at radius 3 is 2.35 bits per heavy atom. The molecule has 2 rings (SSSR count). The molecule has 1 aromatic rings. The summed E-state index contributed by atoms with van der Waals surface area (Å²) in [6.45, 7) is 4.72. The van der Waals surface area contributed by atoms with Crippen LogP contribution in [0.5, 0.6) is 0 Å². The molecule has 1 aromatic carbocycles. The minimum absolute atomic E-state index is 0.139. The van der Waals surface area contributed by atoms with Crippen LogP contribution in [0.2, 0.25) is 0 Å². The number of likely N-dealkylation sites (tertiary alicyclic amines) is 1. The van der Waals surface area contributed by atoms with Crippen molar-refractivity contribution in [3.63, 3.8) is 0 Å². The summed E-state index contributed by atoms with van der Waals surface area (Å²) in [4.78, 5) is 2.60. The third-order valence-corrected chi connectivity index (χ3v) is 3.76. The van der Waals surface area contributed by atoms with Crippen molar-refractivity contribution in [2.75, 3.05) is 13.1 Å². The summed E-state index contributed by atoms with van der Waals surface area (Å²) in [6.07, 6.45) is 6.28. The van der Waals surface area contributed by atoms with Crippen molar-refractivity contribution in [2.24, 2.45) is 0 Å². The monoisotopic (exact) mass is 235 g/mol. The fourth-order valence-electron chi connectivity index (χ4n) is 2.71. The lowest BCUT2D eigenvalue weighted by Crippen LogP contribution is -2.40. The first-order valence-corrected chi connectivity index (χ1v) is 6.78. The van der Waals surface area contributed by atoms with Crippen molar-refractivity contribution in [1.82, 2.24) is 4.90 Å². The minimum atomic E-state index is -0.139. The molecule has 1 heterocycles. The largest absolute Gasteiger partial charge is 0.300 e. The Balaban J connectivity index is 1.96. The highest BCUT2D eigenvalue weighted by molar-refractivity contribution is 5.17. The summed E-state index contributed by atoms with van der Waals surface area (Å²) in [7, 11) is 0. The average Bonchev–Trinajstić information content (AvgIpc) is 2.39. The Hall–Kier alpha value is -0.890. The molecule has 1 unspecified atom stereocenters. The molecule has 0 aliphatic carbocycles. The summed E-state index contributed by atoms with van der Waals surface area (Å²) >= 11 is 0. The zero-order chi connectivity index (χ0) is 12.1. The summed E-state index contributed by atoms with van der Waals surface area (Å²) in [6, 6.07) is 7.60.